The van der Waals surface area contributed by atoms with Crippen LogP contribution in [-0.4, -0.2) is 5.17 Å². The third-order valence-electron chi connectivity index (χ3n) is 7.07. The van der Waals surface area contributed by atoms with Crippen LogP contribution < -0.4 is 31.8 Å². The first kappa shape index (κ1) is 25.2. The molecule has 0 aliphatic heterocycles. The number of hydrogen-bond acceptors (Lipinski definition) is 0. The molecule has 6 rings (SSSR count). The minimum absolute atomic E-state index is 1.19. The van der Waals surface area contributed by atoms with E-state index in [1.165, 1.54) is 31.8 Å². The summed E-state index contributed by atoms with van der Waals surface area (Å²) in [5.74, 6) is 0. The van der Waals surface area contributed by atoms with Crippen molar-refractivity contribution in [2.24, 2.45) is 0 Å². The van der Waals surface area contributed by atoms with Crippen LogP contribution in [0.2, 0.25) is 0 Å². The fourth-order valence-corrected chi connectivity index (χ4v) is 15.3. The molecule has 0 aromatic heterocycles. The molecular formula is C37H29P2-. The molecule has 2 heteroatoms. The zero-order valence-corrected chi connectivity index (χ0v) is 23.4. The monoisotopic (exact) mass is 535 g/mol. The van der Waals surface area contributed by atoms with E-state index in [9.17, 15) is 0 Å². The van der Waals surface area contributed by atoms with Crippen molar-refractivity contribution in [2.75, 3.05) is 0 Å². The Morgan fingerprint density at radius 3 is 0.949 bits per heavy atom. The fourth-order valence-electron chi connectivity index (χ4n) is 5.29. The molecule has 6 aromatic rings. The lowest BCUT2D eigenvalue weighted by Crippen LogP contribution is -2.30. The molecule has 6 aromatic carbocycles. The summed E-state index contributed by atoms with van der Waals surface area (Å²) in [6.45, 7) is -4.82. The van der Waals surface area contributed by atoms with Crippen molar-refractivity contribution >= 4 is 50.8 Å². The van der Waals surface area contributed by atoms with E-state index in [0.29, 0.717) is 0 Å². The molecule has 0 N–H and O–H groups in total. The van der Waals surface area contributed by atoms with Gasteiger partial charge in [-0.15, -0.1) is 10.5 Å². The van der Waals surface area contributed by atoms with Gasteiger partial charge in [-0.25, -0.2) is 0 Å². The summed E-state index contributed by atoms with van der Waals surface area (Å²) in [7, 11) is 0. The lowest BCUT2D eigenvalue weighted by atomic mass is 10.4. The maximum absolute atomic E-state index is 4.57. The highest BCUT2D eigenvalue weighted by molar-refractivity contribution is 8.06. The highest BCUT2D eigenvalue weighted by Gasteiger charge is 2.29. The third kappa shape index (κ3) is 4.69. The van der Waals surface area contributed by atoms with Crippen molar-refractivity contribution in [2.45, 2.75) is 0 Å². The van der Waals surface area contributed by atoms with Gasteiger partial charge in [-0.2, -0.15) is 30.3 Å². The average Bonchev–Trinajstić information content (AvgIpc) is 3.04. The van der Waals surface area contributed by atoms with E-state index >= 15 is 0 Å². The summed E-state index contributed by atoms with van der Waals surface area (Å²) >= 11 is 0. The van der Waals surface area contributed by atoms with Crippen molar-refractivity contribution < 1.29 is 0 Å². The lowest BCUT2D eigenvalue weighted by molar-refractivity contribution is 1.72. The van der Waals surface area contributed by atoms with E-state index in [-0.39, 0.29) is 0 Å². The second-order valence-electron chi connectivity index (χ2n) is 9.37. The smallest absolute Gasteiger partial charge is 0.0174 e. The molecule has 0 saturated carbocycles. The molecule has 0 nitrogen and oxygen atoms in total. The normalized spacial score (nSPS) is 11.5. The summed E-state index contributed by atoms with van der Waals surface area (Å²) in [6, 6.07) is 67.2. The zero-order valence-electron chi connectivity index (χ0n) is 21.6. The number of hydrogen-bond donors (Lipinski definition) is 0. The van der Waals surface area contributed by atoms with Crippen molar-refractivity contribution in [3.63, 3.8) is 0 Å². The van der Waals surface area contributed by atoms with Crippen LogP contribution in [0.5, 0.6) is 0 Å². The van der Waals surface area contributed by atoms with Gasteiger partial charge in [0.15, 0.2) is 0 Å². The molecule has 0 heterocycles. The Bertz CT molecular complexity index is 1420. The number of rotatable bonds is 6. The van der Waals surface area contributed by atoms with Crippen molar-refractivity contribution in [1.82, 2.24) is 0 Å². The number of benzene rings is 6. The topological polar surface area (TPSA) is 0 Å². The van der Waals surface area contributed by atoms with E-state index in [1.54, 1.807) is 0 Å². The van der Waals surface area contributed by atoms with Gasteiger partial charge in [0.1, 0.15) is 0 Å². The van der Waals surface area contributed by atoms with Gasteiger partial charge in [0.2, 0.25) is 0 Å². The lowest BCUT2D eigenvalue weighted by Gasteiger charge is -2.33. The molecule has 0 bridgehead atoms. The summed E-state index contributed by atoms with van der Waals surface area (Å²) in [5.41, 5.74) is 0. The maximum atomic E-state index is 4.57. The summed E-state index contributed by atoms with van der Waals surface area (Å²) in [5, 5.41) is 12.2. The van der Waals surface area contributed by atoms with Crippen LogP contribution >= 0.6 is 13.8 Å². The molecule has 39 heavy (non-hydrogen) atoms. The van der Waals surface area contributed by atoms with Gasteiger partial charge in [0, 0.05) is 6.89 Å². The molecule has 0 aliphatic rings. The fraction of sp³-hybridized carbons (Fsp3) is 0. The van der Waals surface area contributed by atoms with Gasteiger partial charge < -0.3 is 0 Å². The molecule has 0 atom stereocenters. The van der Waals surface area contributed by atoms with Crippen LogP contribution in [0.1, 0.15) is 0 Å². The summed E-state index contributed by atoms with van der Waals surface area (Å²) < 4.78 is 0. The van der Waals surface area contributed by atoms with Crippen molar-refractivity contribution in [3.8, 4) is 0 Å². The molecule has 0 saturated heterocycles. The predicted molar refractivity (Wildman–Crippen MR) is 174 cm³/mol. The maximum Gasteiger partial charge on any atom is 0.0174 e. The Morgan fingerprint density at radius 2 is 0.641 bits per heavy atom. The highest BCUT2D eigenvalue weighted by atomic mass is 31.2. The summed E-state index contributed by atoms with van der Waals surface area (Å²) in [6.07, 6.45) is 0. The van der Waals surface area contributed by atoms with Crippen LogP contribution in [-0.2, 0) is 0 Å². The zero-order chi connectivity index (χ0) is 26.4. The molecule has 0 radical (unpaired) electrons. The highest BCUT2D eigenvalue weighted by Crippen LogP contribution is 2.51. The average molecular weight is 536 g/mol. The molecule has 0 aliphatic carbocycles. The molecule has 0 spiro atoms. The predicted octanol–water partition coefficient (Wildman–Crippen LogP) is 6.41. The summed E-state index contributed by atoms with van der Waals surface area (Å²) in [4.78, 5) is 0. The largest absolute Gasteiger partial charge is 0.176 e. The van der Waals surface area contributed by atoms with E-state index in [2.05, 4.69) is 181 Å². The SMILES string of the molecule is C(=P(c1[c-]cccc1)(c1ccccc1)c1ccccc1)=P(c1ccccc1)(c1ccccc1)c1ccccc1. The molecule has 0 amide bonds. The van der Waals surface area contributed by atoms with Gasteiger partial charge in [0.05, 0.1) is 0 Å². The Hall–Kier alpha value is -4.04. The minimum atomic E-state index is -2.43. The Balaban J connectivity index is 2.02. The first-order valence-electron chi connectivity index (χ1n) is 13.2. The van der Waals surface area contributed by atoms with Crippen LogP contribution in [0, 0.1) is 6.07 Å². The van der Waals surface area contributed by atoms with Crippen LogP contribution in [0.3, 0.4) is 0 Å². The first-order valence-corrected chi connectivity index (χ1v) is 16.7. The molecule has 0 fully saturated rings. The Labute approximate surface area is 232 Å². The second-order valence-corrected chi connectivity index (χ2v) is 15.9. The van der Waals surface area contributed by atoms with Crippen LogP contribution in [0.4, 0.5) is 0 Å². The Morgan fingerprint density at radius 1 is 0.333 bits per heavy atom. The van der Waals surface area contributed by atoms with Gasteiger partial charge in [-0.05, 0) is 33.4 Å². The van der Waals surface area contributed by atoms with E-state index in [0.717, 1.165) is 0 Å². The quantitative estimate of drug-likeness (QED) is 0.171. The second kappa shape index (κ2) is 11.4. The van der Waals surface area contributed by atoms with Gasteiger partial charge >= 0.3 is 0 Å². The van der Waals surface area contributed by atoms with Gasteiger partial charge in [0.25, 0.3) is 0 Å². The molecule has 188 valence electrons. The van der Waals surface area contributed by atoms with E-state index in [1.807, 2.05) is 6.07 Å². The van der Waals surface area contributed by atoms with Crippen LogP contribution in [0.25, 0.3) is 0 Å². The van der Waals surface area contributed by atoms with E-state index in [4.69, 9.17) is 0 Å². The van der Waals surface area contributed by atoms with E-state index < -0.39 is 13.8 Å². The minimum Gasteiger partial charge on any atom is -0.176 e. The first-order chi connectivity index (χ1) is 19.3. The van der Waals surface area contributed by atoms with Gasteiger partial charge in [-0.3, -0.25) is 0 Å². The Kier molecular flexibility index (Phi) is 7.36. The molecule has 0 unspecified atom stereocenters. The van der Waals surface area contributed by atoms with Crippen LogP contribution in [0.15, 0.2) is 176 Å². The van der Waals surface area contributed by atoms with Crippen molar-refractivity contribution in [3.05, 3.63) is 182 Å². The molecular weight excluding hydrogens is 506 g/mol. The standard InChI is InChI=1S/C37H29P2/c1-7-19-32(20-8-1)38(33-21-9-2-10-22-33,34-23-11-3-12-24-34)31-39(35-25-13-4-14-26-35,36-27-15-5-16-28-36)37-29-17-6-18-30-37/h1-29H/q-1. The van der Waals surface area contributed by atoms with Crippen molar-refractivity contribution in [1.29, 1.82) is 0 Å². The van der Waals surface area contributed by atoms with Gasteiger partial charge in [-0.1, -0.05) is 152 Å². The third-order valence-corrected chi connectivity index (χ3v) is 15.8.